The molecule has 0 saturated heterocycles. The van der Waals surface area contributed by atoms with Gasteiger partial charge in [-0.2, -0.15) is 4.99 Å². The standard InChI is InChI=1S/C12H19N5O/c1-9(18-10-6-4-3-5-7-10)8-17(2)12(15)16-11(13)14/h3-7,9H,8H2,1-2H3,(H5,13,14,15,16). The highest BCUT2D eigenvalue weighted by Gasteiger charge is 2.10. The Morgan fingerprint density at radius 2 is 2.00 bits per heavy atom. The van der Waals surface area contributed by atoms with Gasteiger partial charge in [0.05, 0.1) is 6.54 Å². The van der Waals surface area contributed by atoms with Crippen molar-refractivity contribution in [1.29, 1.82) is 5.41 Å². The number of hydrogen-bond donors (Lipinski definition) is 3. The smallest absolute Gasteiger partial charge is 0.220 e. The average Bonchev–Trinajstić information content (AvgIpc) is 2.29. The lowest BCUT2D eigenvalue weighted by Gasteiger charge is -2.22. The molecule has 98 valence electrons. The maximum absolute atomic E-state index is 7.62. The predicted octanol–water partition coefficient (Wildman–Crippen LogP) is 0.594. The van der Waals surface area contributed by atoms with Crippen LogP contribution in [0.2, 0.25) is 0 Å². The number of para-hydroxylation sites is 1. The fourth-order valence-electron chi connectivity index (χ4n) is 1.45. The summed E-state index contributed by atoms with van der Waals surface area (Å²) in [5, 5.41) is 7.62. The highest BCUT2D eigenvalue weighted by Crippen LogP contribution is 2.11. The normalized spacial score (nSPS) is 11.4. The maximum Gasteiger partial charge on any atom is 0.220 e. The van der Waals surface area contributed by atoms with Crippen LogP contribution in [0.25, 0.3) is 0 Å². The largest absolute Gasteiger partial charge is 0.489 e. The van der Waals surface area contributed by atoms with Gasteiger partial charge in [0.25, 0.3) is 0 Å². The van der Waals surface area contributed by atoms with E-state index in [1.54, 1.807) is 11.9 Å². The third kappa shape index (κ3) is 4.73. The molecule has 0 amide bonds. The topological polar surface area (TPSA) is 101 Å². The number of benzene rings is 1. The first kappa shape index (κ1) is 13.8. The summed E-state index contributed by atoms with van der Waals surface area (Å²) >= 11 is 0. The van der Waals surface area contributed by atoms with Crippen LogP contribution in [0.3, 0.4) is 0 Å². The number of rotatable bonds is 4. The highest BCUT2D eigenvalue weighted by atomic mass is 16.5. The van der Waals surface area contributed by atoms with E-state index >= 15 is 0 Å². The van der Waals surface area contributed by atoms with Crippen LogP contribution in [0.15, 0.2) is 35.3 Å². The van der Waals surface area contributed by atoms with Crippen molar-refractivity contribution in [2.75, 3.05) is 13.6 Å². The molecule has 5 N–H and O–H groups in total. The number of ether oxygens (including phenoxy) is 1. The van der Waals surface area contributed by atoms with Crippen molar-refractivity contribution in [2.24, 2.45) is 16.5 Å². The van der Waals surface area contributed by atoms with Crippen molar-refractivity contribution in [3.05, 3.63) is 30.3 Å². The molecule has 0 aliphatic rings. The van der Waals surface area contributed by atoms with E-state index in [-0.39, 0.29) is 18.0 Å². The molecule has 0 fully saturated rings. The van der Waals surface area contributed by atoms with Crippen LogP contribution in [0.4, 0.5) is 0 Å². The van der Waals surface area contributed by atoms with Gasteiger partial charge in [-0.05, 0) is 19.1 Å². The maximum atomic E-state index is 7.62. The summed E-state index contributed by atoms with van der Waals surface area (Å²) in [5.41, 5.74) is 10.4. The van der Waals surface area contributed by atoms with Gasteiger partial charge in [-0.1, -0.05) is 18.2 Å². The number of nitrogens with one attached hydrogen (secondary N) is 1. The third-order valence-electron chi connectivity index (χ3n) is 2.21. The van der Waals surface area contributed by atoms with Gasteiger partial charge >= 0.3 is 0 Å². The molecule has 18 heavy (non-hydrogen) atoms. The summed E-state index contributed by atoms with van der Waals surface area (Å²) in [6, 6.07) is 9.52. The predicted molar refractivity (Wildman–Crippen MR) is 72.7 cm³/mol. The molecule has 1 rings (SSSR count). The molecule has 6 heteroatoms. The van der Waals surface area contributed by atoms with Gasteiger partial charge in [0, 0.05) is 7.05 Å². The summed E-state index contributed by atoms with van der Waals surface area (Å²) in [5.74, 6) is 0.689. The van der Waals surface area contributed by atoms with Crippen molar-refractivity contribution < 1.29 is 4.74 Å². The first-order valence-electron chi connectivity index (χ1n) is 5.60. The molecule has 1 aromatic carbocycles. The summed E-state index contributed by atoms with van der Waals surface area (Å²) in [4.78, 5) is 5.28. The van der Waals surface area contributed by atoms with Gasteiger partial charge in [-0.15, -0.1) is 0 Å². The molecule has 1 atom stereocenters. The van der Waals surface area contributed by atoms with Crippen molar-refractivity contribution >= 4 is 11.9 Å². The summed E-state index contributed by atoms with van der Waals surface area (Å²) in [6.45, 7) is 2.44. The SMILES string of the molecule is CC(CN(C)C(=N)N=C(N)N)Oc1ccccc1. The molecule has 6 nitrogen and oxygen atoms in total. The first-order valence-corrected chi connectivity index (χ1v) is 5.60. The zero-order valence-corrected chi connectivity index (χ0v) is 10.6. The molecular formula is C12H19N5O. The number of nitrogens with two attached hydrogens (primary N) is 2. The van der Waals surface area contributed by atoms with E-state index in [1.807, 2.05) is 37.3 Å². The second-order valence-electron chi connectivity index (χ2n) is 3.98. The minimum absolute atomic E-state index is 0.0125. The van der Waals surface area contributed by atoms with Gasteiger partial charge in [0.1, 0.15) is 11.9 Å². The van der Waals surface area contributed by atoms with Crippen molar-refractivity contribution in [3.8, 4) is 5.75 Å². The zero-order chi connectivity index (χ0) is 13.5. The van der Waals surface area contributed by atoms with Crippen LogP contribution in [0, 0.1) is 5.41 Å². The number of hydrogen-bond acceptors (Lipinski definition) is 2. The van der Waals surface area contributed by atoms with E-state index in [1.165, 1.54) is 0 Å². The molecule has 1 unspecified atom stereocenters. The second-order valence-corrected chi connectivity index (χ2v) is 3.98. The van der Waals surface area contributed by atoms with Crippen molar-refractivity contribution in [1.82, 2.24) is 4.90 Å². The molecular weight excluding hydrogens is 230 g/mol. The molecule has 0 aliphatic heterocycles. The number of nitrogens with zero attached hydrogens (tertiary/aromatic N) is 2. The monoisotopic (exact) mass is 249 g/mol. The molecule has 0 heterocycles. The Hall–Kier alpha value is -2.24. The Morgan fingerprint density at radius 3 is 2.56 bits per heavy atom. The van der Waals surface area contributed by atoms with Crippen molar-refractivity contribution in [3.63, 3.8) is 0 Å². The molecule has 0 aliphatic carbocycles. The van der Waals surface area contributed by atoms with Gasteiger partial charge in [0.15, 0.2) is 5.96 Å². The Kier molecular flexibility index (Phi) is 4.98. The van der Waals surface area contributed by atoms with E-state index in [0.717, 1.165) is 5.75 Å². The Labute approximate surface area is 107 Å². The molecule has 0 bridgehead atoms. The van der Waals surface area contributed by atoms with Crippen LogP contribution in [0.1, 0.15) is 6.92 Å². The minimum atomic E-state index is -0.122. The van der Waals surface area contributed by atoms with Gasteiger partial charge in [0.2, 0.25) is 5.96 Å². The first-order chi connectivity index (χ1) is 8.49. The van der Waals surface area contributed by atoms with Crippen LogP contribution in [0.5, 0.6) is 5.75 Å². The molecule has 0 saturated carbocycles. The van der Waals surface area contributed by atoms with Crippen molar-refractivity contribution in [2.45, 2.75) is 13.0 Å². The Balaban J connectivity index is 2.47. The molecule has 0 aromatic heterocycles. The Morgan fingerprint density at radius 1 is 1.39 bits per heavy atom. The lowest BCUT2D eigenvalue weighted by Crippen LogP contribution is -2.36. The number of guanidine groups is 2. The zero-order valence-electron chi connectivity index (χ0n) is 10.6. The van der Waals surface area contributed by atoms with E-state index in [0.29, 0.717) is 6.54 Å². The van der Waals surface area contributed by atoms with Gasteiger partial charge in [-0.25, -0.2) is 0 Å². The second kappa shape index (κ2) is 6.48. The average molecular weight is 249 g/mol. The van der Waals surface area contributed by atoms with Crippen LogP contribution >= 0.6 is 0 Å². The molecule has 0 radical (unpaired) electrons. The lowest BCUT2D eigenvalue weighted by molar-refractivity contribution is 0.192. The molecule has 1 aromatic rings. The van der Waals surface area contributed by atoms with Crippen LogP contribution in [-0.4, -0.2) is 36.5 Å². The number of likely N-dealkylation sites (N-methyl/N-ethyl adjacent to an activating group) is 1. The quantitative estimate of drug-likeness (QED) is 0.537. The highest BCUT2D eigenvalue weighted by molar-refractivity contribution is 5.91. The Bertz CT molecular complexity index is 414. The summed E-state index contributed by atoms with van der Waals surface area (Å²) < 4.78 is 5.69. The van der Waals surface area contributed by atoms with E-state index in [9.17, 15) is 0 Å². The van der Waals surface area contributed by atoms with E-state index in [2.05, 4.69) is 4.99 Å². The van der Waals surface area contributed by atoms with E-state index < -0.39 is 0 Å². The summed E-state index contributed by atoms with van der Waals surface area (Å²) in [7, 11) is 1.74. The fourth-order valence-corrected chi connectivity index (χ4v) is 1.45. The fraction of sp³-hybridized carbons (Fsp3) is 0.333. The lowest BCUT2D eigenvalue weighted by atomic mass is 10.3. The molecule has 0 spiro atoms. The summed E-state index contributed by atoms with van der Waals surface area (Å²) in [6.07, 6.45) is -0.0769. The van der Waals surface area contributed by atoms with Crippen LogP contribution < -0.4 is 16.2 Å². The van der Waals surface area contributed by atoms with E-state index in [4.69, 9.17) is 21.6 Å². The number of aliphatic imine (C=N–C) groups is 1. The third-order valence-corrected chi connectivity index (χ3v) is 2.21. The minimum Gasteiger partial charge on any atom is -0.489 e. The van der Waals surface area contributed by atoms with Crippen LogP contribution in [-0.2, 0) is 0 Å². The van der Waals surface area contributed by atoms with Gasteiger partial charge < -0.3 is 21.1 Å². The van der Waals surface area contributed by atoms with Gasteiger partial charge in [-0.3, -0.25) is 5.41 Å².